The molecule has 0 spiro atoms. The molecule has 0 aliphatic heterocycles. The number of pyridine rings is 1. The highest BCUT2D eigenvalue weighted by Gasteiger charge is 2.33. The number of rotatable bonds is 6. The third kappa shape index (κ3) is 3.89. The van der Waals surface area contributed by atoms with Gasteiger partial charge in [-0.15, -0.1) is 11.3 Å². The van der Waals surface area contributed by atoms with Gasteiger partial charge in [0.05, 0.1) is 16.8 Å². The number of carbonyl (C=O) groups excluding carboxylic acids is 1. The highest BCUT2D eigenvalue weighted by atomic mass is 32.1. The summed E-state index contributed by atoms with van der Waals surface area (Å²) in [6.45, 7) is 4.83. The van der Waals surface area contributed by atoms with Crippen molar-refractivity contribution in [1.29, 1.82) is 0 Å². The topological polar surface area (TPSA) is 79.3 Å². The van der Waals surface area contributed by atoms with Gasteiger partial charge in [0.15, 0.2) is 5.78 Å². The van der Waals surface area contributed by atoms with E-state index in [4.69, 9.17) is 0 Å². The molecule has 0 bridgehead atoms. The van der Waals surface area contributed by atoms with Crippen LogP contribution >= 0.6 is 11.3 Å². The van der Waals surface area contributed by atoms with Crippen molar-refractivity contribution in [2.45, 2.75) is 46.1 Å². The van der Waals surface area contributed by atoms with Gasteiger partial charge in [0.2, 0.25) is 0 Å². The minimum atomic E-state index is -0.930. The number of fused-ring (bicyclic) bond motifs is 2. The van der Waals surface area contributed by atoms with Crippen molar-refractivity contribution in [3.8, 4) is 0 Å². The number of nitrogens with zero attached hydrogens (tertiary/aromatic N) is 1. The molecule has 0 fully saturated rings. The second-order valence-corrected chi connectivity index (χ2v) is 9.94. The molecule has 30 heavy (non-hydrogen) atoms. The average Bonchev–Trinajstić information content (AvgIpc) is 3.03. The van der Waals surface area contributed by atoms with Crippen molar-refractivity contribution < 1.29 is 14.7 Å². The zero-order chi connectivity index (χ0) is 21.5. The number of nitrogens with one attached hydrogen (secondary N) is 1. The minimum absolute atomic E-state index is 0.0844. The first-order valence-corrected chi connectivity index (χ1v) is 11.0. The molecule has 4 rings (SSSR count). The molecule has 2 N–H and O–H groups in total. The predicted octanol–water partition coefficient (Wildman–Crippen LogP) is 4.65. The summed E-state index contributed by atoms with van der Waals surface area (Å²) in [5.41, 5.74) is 3.46. The van der Waals surface area contributed by atoms with Gasteiger partial charge < -0.3 is 10.4 Å². The number of carboxylic acids is 1. The standard InChI is InChI=1S/C24H26N2O3S/c1-24(2)9-8-20-16(12-24)22(23(28)29)21(30-20)11-19(27)15-10-14-6-4-5-7-17(14)26-18(15)13-25-3/h4-7,10,25H,8-9,11-13H2,1-3H3,(H,28,29). The number of Topliss-reactive ketones (excluding diaryl/α,β-unsaturated/α-hetero) is 1. The molecule has 0 saturated heterocycles. The van der Waals surface area contributed by atoms with Gasteiger partial charge in [0, 0.05) is 33.7 Å². The first-order valence-electron chi connectivity index (χ1n) is 10.2. The number of thiophene rings is 1. The maximum atomic E-state index is 13.3. The van der Waals surface area contributed by atoms with E-state index in [1.807, 2.05) is 37.4 Å². The van der Waals surface area contributed by atoms with E-state index in [2.05, 4.69) is 24.1 Å². The summed E-state index contributed by atoms with van der Waals surface area (Å²) in [6.07, 6.45) is 2.76. The molecule has 5 nitrogen and oxygen atoms in total. The first kappa shape index (κ1) is 20.7. The zero-order valence-corrected chi connectivity index (χ0v) is 18.4. The van der Waals surface area contributed by atoms with E-state index in [1.54, 1.807) is 0 Å². The number of carboxylic acid groups (broad SMARTS) is 1. The molecule has 0 amide bonds. The van der Waals surface area contributed by atoms with Gasteiger partial charge in [-0.2, -0.15) is 0 Å². The Labute approximate surface area is 180 Å². The Kier molecular flexibility index (Phi) is 5.47. The highest BCUT2D eigenvalue weighted by Crippen LogP contribution is 2.42. The number of aromatic nitrogens is 1. The van der Waals surface area contributed by atoms with Gasteiger partial charge >= 0.3 is 5.97 Å². The van der Waals surface area contributed by atoms with Crippen LogP contribution < -0.4 is 5.32 Å². The summed E-state index contributed by atoms with van der Waals surface area (Å²) < 4.78 is 0. The number of hydrogen-bond donors (Lipinski definition) is 2. The molecule has 1 aliphatic carbocycles. The first-order chi connectivity index (χ1) is 14.3. The van der Waals surface area contributed by atoms with Gasteiger partial charge in [-0.05, 0) is 49.4 Å². The second kappa shape index (κ2) is 7.93. The molecule has 156 valence electrons. The van der Waals surface area contributed by atoms with Crippen LogP contribution in [0.4, 0.5) is 0 Å². The maximum Gasteiger partial charge on any atom is 0.337 e. The third-order valence-electron chi connectivity index (χ3n) is 5.83. The fourth-order valence-corrected chi connectivity index (χ4v) is 5.60. The molecule has 0 saturated carbocycles. The molecule has 1 aromatic carbocycles. The summed E-state index contributed by atoms with van der Waals surface area (Å²) in [4.78, 5) is 31.9. The van der Waals surface area contributed by atoms with Crippen molar-refractivity contribution >= 4 is 34.0 Å². The highest BCUT2D eigenvalue weighted by molar-refractivity contribution is 7.12. The zero-order valence-electron chi connectivity index (χ0n) is 17.5. The normalized spacial score (nSPS) is 15.2. The molecule has 0 unspecified atom stereocenters. The number of hydrogen-bond acceptors (Lipinski definition) is 5. The Morgan fingerprint density at radius 1 is 1.27 bits per heavy atom. The molecule has 2 heterocycles. The summed E-state index contributed by atoms with van der Waals surface area (Å²) in [5, 5.41) is 13.9. The van der Waals surface area contributed by atoms with E-state index in [-0.39, 0.29) is 17.6 Å². The quantitative estimate of drug-likeness (QED) is 0.565. The van der Waals surface area contributed by atoms with E-state index in [9.17, 15) is 14.7 Å². The molecule has 1 aliphatic rings. The Bertz CT molecular complexity index is 1150. The van der Waals surface area contributed by atoms with Gasteiger partial charge in [-0.1, -0.05) is 32.0 Å². The lowest BCUT2D eigenvalue weighted by Gasteiger charge is -2.29. The largest absolute Gasteiger partial charge is 0.478 e. The SMILES string of the molecule is CNCc1nc2ccccc2cc1C(=O)Cc1sc2c(c1C(=O)O)CC(C)(C)CC2. The van der Waals surface area contributed by atoms with E-state index in [1.165, 1.54) is 11.3 Å². The van der Waals surface area contributed by atoms with Crippen LogP contribution in [0.5, 0.6) is 0 Å². The fraction of sp³-hybridized carbons (Fsp3) is 0.375. The van der Waals surface area contributed by atoms with Crippen molar-refractivity contribution in [2.24, 2.45) is 5.41 Å². The van der Waals surface area contributed by atoms with Gasteiger partial charge in [-0.25, -0.2) is 4.79 Å². The fourth-order valence-electron chi connectivity index (χ4n) is 4.29. The van der Waals surface area contributed by atoms with Crippen LogP contribution in [0.1, 0.15) is 62.0 Å². The van der Waals surface area contributed by atoms with E-state index >= 15 is 0 Å². The number of benzene rings is 1. The van der Waals surface area contributed by atoms with Crippen LogP contribution in [0.25, 0.3) is 10.9 Å². The lowest BCUT2D eigenvalue weighted by atomic mass is 9.76. The number of para-hydroxylation sites is 1. The van der Waals surface area contributed by atoms with Crippen molar-refractivity contribution in [2.75, 3.05) is 7.05 Å². The van der Waals surface area contributed by atoms with E-state index in [0.717, 1.165) is 40.6 Å². The van der Waals surface area contributed by atoms with Crippen molar-refractivity contribution in [1.82, 2.24) is 10.3 Å². The predicted molar refractivity (Wildman–Crippen MR) is 120 cm³/mol. The van der Waals surface area contributed by atoms with Crippen LogP contribution in [0.2, 0.25) is 0 Å². The average molecular weight is 423 g/mol. The Morgan fingerprint density at radius 2 is 2.03 bits per heavy atom. The Balaban J connectivity index is 1.74. The van der Waals surface area contributed by atoms with E-state index < -0.39 is 5.97 Å². The molecular formula is C24H26N2O3S. The van der Waals surface area contributed by atoms with Gasteiger partial charge in [-0.3, -0.25) is 9.78 Å². The molecule has 6 heteroatoms. The van der Waals surface area contributed by atoms with Crippen LogP contribution in [0.15, 0.2) is 30.3 Å². The third-order valence-corrected chi connectivity index (χ3v) is 7.12. The van der Waals surface area contributed by atoms with Gasteiger partial charge in [0.1, 0.15) is 0 Å². The number of carbonyl (C=O) groups is 2. The van der Waals surface area contributed by atoms with Crippen LogP contribution in [0, 0.1) is 5.41 Å². The Hall–Kier alpha value is -2.57. The molecule has 2 aromatic heterocycles. The number of ketones is 1. The molecule has 3 aromatic rings. The summed E-state index contributed by atoms with van der Waals surface area (Å²) in [5.74, 6) is -1.01. The van der Waals surface area contributed by atoms with Crippen LogP contribution in [-0.4, -0.2) is 28.9 Å². The lowest BCUT2D eigenvalue weighted by Crippen LogP contribution is -2.22. The van der Waals surface area contributed by atoms with Crippen molar-refractivity contribution in [3.05, 3.63) is 62.5 Å². The molecule has 0 atom stereocenters. The maximum absolute atomic E-state index is 13.3. The Morgan fingerprint density at radius 3 is 2.77 bits per heavy atom. The summed E-state index contributed by atoms with van der Waals surface area (Å²) >= 11 is 1.50. The van der Waals surface area contributed by atoms with Crippen molar-refractivity contribution in [3.63, 3.8) is 0 Å². The second-order valence-electron chi connectivity index (χ2n) is 8.75. The minimum Gasteiger partial charge on any atom is -0.478 e. The molecule has 0 radical (unpaired) electrons. The lowest BCUT2D eigenvalue weighted by molar-refractivity contribution is 0.0694. The van der Waals surface area contributed by atoms with Crippen LogP contribution in [-0.2, 0) is 25.8 Å². The molecular weight excluding hydrogens is 396 g/mol. The summed E-state index contributed by atoms with van der Waals surface area (Å²) in [6, 6.07) is 9.61. The monoisotopic (exact) mass is 422 g/mol. The smallest absolute Gasteiger partial charge is 0.337 e. The van der Waals surface area contributed by atoms with E-state index in [0.29, 0.717) is 28.2 Å². The summed E-state index contributed by atoms with van der Waals surface area (Å²) in [7, 11) is 1.82. The van der Waals surface area contributed by atoms with Crippen LogP contribution in [0.3, 0.4) is 0 Å². The number of aryl methyl sites for hydroxylation is 1. The number of aromatic carboxylic acids is 1. The van der Waals surface area contributed by atoms with Gasteiger partial charge in [0.25, 0.3) is 0 Å².